The summed E-state index contributed by atoms with van der Waals surface area (Å²) >= 11 is 0. The van der Waals surface area contributed by atoms with Gasteiger partial charge in [0.25, 0.3) is 0 Å². The van der Waals surface area contributed by atoms with Crippen LogP contribution in [-0.2, 0) is 18.9 Å². The van der Waals surface area contributed by atoms with Gasteiger partial charge in [0.05, 0.1) is 6.61 Å². The number of aliphatic hydroxyl groups excluding tert-OH is 1. The largest absolute Gasteiger partial charge is 0.387 e. The van der Waals surface area contributed by atoms with Crippen molar-refractivity contribution in [3.8, 4) is 0 Å². The SMILES string of the molecule is O[C@H]1[C@H]2O[C@@H](c3ccccc3)O[C@H]2[C@@H]2OC[C@@H]1O2. The molecule has 3 aliphatic rings. The van der Waals surface area contributed by atoms with Crippen LogP contribution in [-0.4, -0.2) is 42.4 Å². The van der Waals surface area contributed by atoms with E-state index in [0.29, 0.717) is 6.61 Å². The lowest BCUT2D eigenvalue weighted by molar-refractivity contribution is -0.194. The minimum Gasteiger partial charge on any atom is -0.387 e. The Morgan fingerprint density at radius 2 is 1.78 bits per heavy atom. The number of aliphatic hydroxyl groups is 1. The average molecular weight is 250 g/mol. The van der Waals surface area contributed by atoms with Crippen LogP contribution >= 0.6 is 0 Å². The lowest BCUT2D eigenvalue weighted by Gasteiger charge is -2.31. The molecule has 0 unspecified atom stereocenters. The Labute approximate surface area is 104 Å². The van der Waals surface area contributed by atoms with Gasteiger partial charge in [-0.3, -0.25) is 0 Å². The highest BCUT2D eigenvalue weighted by molar-refractivity contribution is 5.17. The summed E-state index contributed by atoms with van der Waals surface area (Å²) in [6.07, 6.45) is -2.60. The van der Waals surface area contributed by atoms with E-state index >= 15 is 0 Å². The molecule has 3 fully saturated rings. The van der Waals surface area contributed by atoms with Crippen LogP contribution in [0.4, 0.5) is 0 Å². The van der Waals surface area contributed by atoms with Crippen LogP contribution in [0.1, 0.15) is 11.9 Å². The Morgan fingerprint density at radius 1 is 1.00 bits per heavy atom. The van der Waals surface area contributed by atoms with Crippen molar-refractivity contribution < 1.29 is 24.1 Å². The lowest BCUT2D eigenvalue weighted by atomic mass is 10.0. The molecule has 5 nitrogen and oxygen atoms in total. The molecule has 4 rings (SSSR count). The van der Waals surface area contributed by atoms with Crippen molar-refractivity contribution in [2.75, 3.05) is 6.61 Å². The zero-order chi connectivity index (χ0) is 12.1. The number of fused-ring (bicyclic) bond motifs is 4. The van der Waals surface area contributed by atoms with Crippen molar-refractivity contribution in [2.45, 2.75) is 37.0 Å². The maximum Gasteiger partial charge on any atom is 0.187 e. The van der Waals surface area contributed by atoms with Crippen LogP contribution < -0.4 is 0 Å². The fourth-order valence-corrected chi connectivity index (χ4v) is 2.74. The molecular weight excluding hydrogens is 236 g/mol. The quantitative estimate of drug-likeness (QED) is 0.790. The minimum absolute atomic E-state index is 0.297. The molecule has 0 aromatic heterocycles. The topological polar surface area (TPSA) is 57.2 Å². The van der Waals surface area contributed by atoms with E-state index in [9.17, 15) is 5.11 Å². The number of hydrogen-bond acceptors (Lipinski definition) is 5. The molecule has 18 heavy (non-hydrogen) atoms. The highest BCUT2D eigenvalue weighted by Crippen LogP contribution is 2.41. The van der Waals surface area contributed by atoms with E-state index < -0.39 is 18.7 Å². The first-order valence-corrected chi connectivity index (χ1v) is 6.14. The smallest absolute Gasteiger partial charge is 0.187 e. The fraction of sp³-hybridized carbons (Fsp3) is 0.538. The minimum atomic E-state index is -0.692. The molecule has 0 spiro atoms. The molecule has 3 heterocycles. The molecule has 96 valence electrons. The number of rotatable bonds is 1. The van der Waals surface area contributed by atoms with Crippen molar-refractivity contribution in [2.24, 2.45) is 0 Å². The molecule has 5 heteroatoms. The summed E-state index contributed by atoms with van der Waals surface area (Å²) in [7, 11) is 0. The number of ether oxygens (including phenoxy) is 4. The van der Waals surface area contributed by atoms with Gasteiger partial charge < -0.3 is 24.1 Å². The molecule has 1 aromatic rings. The first-order chi connectivity index (χ1) is 8.83. The summed E-state index contributed by atoms with van der Waals surface area (Å²) in [4.78, 5) is 0. The lowest BCUT2D eigenvalue weighted by Crippen LogP contribution is -2.52. The highest BCUT2D eigenvalue weighted by Gasteiger charge is 2.56. The number of hydrogen-bond donors (Lipinski definition) is 1. The van der Waals surface area contributed by atoms with E-state index in [-0.39, 0.29) is 18.3 Å². The van der Waals surface area contributed by atoms with Crippen molar-refractivity contribution in [3.05, 3.63) is 35.9 Å². The maximum atomic E-state index is 10.1. The van der Waals surface area contributed by atoms with Crippen molar-refractivity contribution in [1.82, 2.24) is 0 Å². The summed E-state index contributed by atoms with van der Waals surface area (Å²) in [5, 5.41) is 10.1. The fourth-order valence-electron chi connectivity index (χ4n) is 2.74. The van der Waals surface area contributed by atoms with Crippen LogP contribution in [0.15, 0.2) is 30.3 Å². The Bertz CT molecular complexity index is 430. The van der Waals surface area contributed by atoms with Crippen LogP contribution in [0.3, 0.4) is 0 Å². The standard InChI is InChI=1S/C13H14O5/c14-9-8-6-15-13(16-8)11-10(9)17-12(18-11)7-4-2-1-3-5-7/h1-5,8-14H,6H2/t8-,9+,10+,11+,12+,13+/m0/s1. The summed E-state index contributed by atoms with van der Waals surface area (Å²) in [6, 6.07) is 9.68. The normalized spacial score (nSPS) is 46.1. The van der Waals surface area contributed by atoms with Gasteiger partial charge in [0.15, 0.2) is 12.6 Å². The van der Waals surface area contributed by atoms with Gasteiger partial charge in [-0.25, -0.2) is 0 Å². The van der Waals surface area contributed by atoms with Gasteiger partial charge in [0, 0.05) is 5.56 Å². The van der Waals surface area contributed by atoms with Crippen LogP contribution in [0.25, 0.3) is 0 Å². The molecule has 2 bridgehead atoms. The van der Waals surface area contributed by atoms with Crippen LogP contribution in [0.5, 0.6) is 0 Å². The number of benzene rings is 1. The highest BCUT2D eigenvalue weighted by atomic mass is 16.8. The van der Waals surface area contributed by atoms with E-state index in [1.807, 2.05) is 30.3 Å². The van der Waals surface area contributed by atoms with E-state index in [1.54, 1.807) is 0 Å². The molecule has 0 radical (unpaired) electrons. The van der Waals surface area contributed by atoms with E-state index in [0.717, 1.165) is 5.56 Å². The monoisotopic (exact) mass is 250 g/mol. The maximum absolute atomic E-state index is 10.1. The summed E-state index contributed by atoms with van der Waals surface area (Å²) < 4.78 is 22.6. The summed E-state index contributed by atoms with van der Waals surface area (Å²) in [5.74, 6) is 0. The molecular formula is C13H14O5. The Balaban J connectivity index is 1.60. The Morgan fingerprint density at radius 3 is 2.61 bits per heavy atom. The Hall–Kier alpha value is -0.980. The van der Waals surface area contributed by atoms with Crippen molar-refractivity contribution in [1.29, 1.82) is 0 Å². The van der Waals surface area contributed by atoms with Gasteiger partial charge in [-0.2, -0.15) is 0 Å². The summed E-state index contributed by atoms with van der Waals surface area (Å²) in [5.41, 5.74) is 0.940. The predicted molar refractivity (Wildman–Crippen MR) is 59.5 cm³/mol. The van der Waals surface area contributed by atoms with Gasteiger partial charge >= 0.3 is 0 Å². The van der Waals surface area contributed by atoms with Gasteiger partial charge in [0.2, 0.25) is 0 Å². The first kappa shape index (κ1) is 10.9. The second kappa shape index (κ2) is 4.01. The first-order valence-electron chi connectivity index (χ1n) is 6.14. The third-order valence-corrected chi connectivity index (χ3v) is 3.68. The van der Waals surface area contributed by atoms with Gasteiger partial charge in [0.1, 0.15) is 24.4 Å². The predicted octanol–water partition coefficient (Wildman–Crippen LogP) is 0.585. The molecule has 0 saturated carbocycles. The second-order valence-electron chi connectivity index (χ2n) is 4.81. The van der Waals surface area contributed by atoms with E-state index in [4.69, 9.17) is 18.9 Å². The van der Waals surface area contributed by atoms with Crippen molar-refractivity contribution >= 4 is 0 Å². The third-order valence-electron chi connectivity index (χ3n) is 3.68. The van der Waals surface area contributed by atoms with Crippen LogP contribution in [0.2, 0.25) is 0 Å². The molecule has 0 amide bonds. The van der Waals surface area contributed by atoms with E-state index in [2.05, 4.69) is 0 Å². The van der Waals surface area contributed by atoms with E-state index in [1.165, 1.54) is 0 Å². The van der Waals surface area contributed by atoms with Crippen molar-refractivity contribution in [3.63, 3.8) is 0 Å². The molecule has 3 saturated heterocycles. The molecule has 0 aliphatic carbocycles. The molecule has 6 atom stereocenters. The van der Waals surface area contributed by atoms with Gasteiger partial charge in [-0.15, -0.1) is 0 Å². The molecule has 1 aromatic carbocycles. The summed E-state index contributed by atoms with van der Waals surface area (Å²) in [6.45, 7) is 0.404. The van der Waals surface area contributed by atoms with Gasteiger partial charge in [-0.1, -0.05) is 30.3 Å². The average Bonchev–Trinajstić information content (AvgIpc) is 3.04. The second-order valence-corrected chi connectivity index (χ2v) is 4.81. The van der Waals surface area contributed by atoms with Crippen LogP contribution in [0, 0.1) is 0 Å². The molecule has 3 aliphatic heterocycles. The van der Waals surface area contributed by atoms with Gasteiger partial charge in [-0.05, 0) is 0 Å². The zero-order valence-corrected chi connectivity index (χ0v) is 9.64. The zero-order valence-electron chi connectivity index (χ0n) is 9.64. The third kappa shape index (κ3) is 1.52. The molecule has 1 N–H and O–H groups in total. The Kier molecular flexibility index (Phi) is 2.43.